The number of carbonyl (C=O) groups is 1. The molecule has 0 aliphatic heterocycles. The van der Waals surface area contributed by atoms with Crippen LogP contribution in [-0.4, -0.2) is 12.6 Å². The number of benzene rings is 2. The van der Waals surface area contributed by atoms with Crippen LogP contribution in [0.5, 0.6) is 0 Å². The van der Waals surface area contributed by atoms with Gasteiger partial charge in [-0.3, -0.25) is 0 Å². The van der Waals surface area contributed by atoms with Crippen LogP contribution in [0.4, 0.5) is 0 Å². The Bertz CT molecular complexity index is 850. The molecule has 4 nitrogen and oxygen atoms in total. The van der Waals surface area contributed by atoms with Gasteiger partial charge in [0, 0.05) is 11.8 Å². The highest BCUT2D eigenvalue weighted by Crippen LogP contribution is 2.13. The summed E-state index contributed by atoms with van der Waals surface area (Å²) >= 11 is 0. The average molecular weight is 294 g/mol. The standard InChI is InChI=1S/C18H14O4/c19-17(21-11-10-13-6-2-1-3-7-13)15-12-14-8-4-5-9-16(14)22-18(15)20/h1-9,12H,10-11H2. The van der Waals surface area contributed by atoms with Crippen molar-refractivity contribution in [1.29, 1.82) is 0 Å². The molecular weight excluding hydrogens is 280 g/mol. The molecule has 1 aromatic heterocycles. The summed E-state index contributed by atoms with van der Waals surface area (Å²) < 4.78 is 10.3. The van der Waals surface area contributed by atoms with Gasteiger partial charge < -0.3 is 9.15 Å². The number of hydrogen-bond donors (Lipinski definition) is 0. The summed E-state index contributed by atoms with van der Waals surface area (Å²) in [6.45, 7) is 0.217. The van der Waals surface area contributed by atoms with E-state index in [1.54, 1.807) is 18.2 Å². The van der Waals surface area contributed by atoms with Crippen LogP contribution >= 0.6 is 0 Å². The van der Waals surface area contributed by atoms with Gasteiger partial charge >= 0.3 is 11.6 Å². The Morgan fingerprint density at radius 1 is 1.00 bits per heavy atom. The monoisotopic (exact) mass is 294 g/mol. The van der Waals surface area contributed by atoms with E-state index < -0.39 is 11.6 Å². The van der Waals surface area contributed by atoms with E-state index in [0.29, 0.717) is 17.4 Å². The Labute approximate surface area is 127 Å². The van der Waals surface area contributed by atoms with Crippen molar-refractivity contribution >= 4 is 16.9 Å². The van der Waals surface area contributed by atoms with Crippen molar-refractivity contribution in [3.8, 4) is 0 Å². The average Bonchev–Trinajstić information content (AvgIpc) is 2.55. The Hall–Kier alpha value is -2.88. The summed E-state index contributed by atoms with van der Waals surface area (Å²) in [4.78, 5) is 23.9. The lowest BCUT2D eigenvalue weighted by atomic mass is 10.1. The minimum Gasteiger partial charge on any atom is -0.462 e. The van der Waals surface area contributed by atoms with Gasteiger partial charge in [-0.2, -0.15) is 0 Å². The van der Waals surface area contributed by atoms with Crippen molar-refractivity contribution < 1.29 is 13.9 Å². The number of esters is 1. The van der Waals surface area contributed by atoms with Gasteiger partial charge in [-0.1, -0.05) is 48.5 Å². The van der Waals surface area contributed by atoms with Gasteiger partial charge in [0.1, 0.15) is 11.1 Å². The summed E-state index contributed by atoms with van der Waals surface area (Å²) in [6.07, 6.45) is 0.603. The molecule has 0 radical (unpaired) electrons. The number of rotatable bonds is 4. The summed E-state index contributed by atoms with van der Waals surface area (Å²) in [6, 6.07) is 18.2. The maximum absolute atomic E-state index is 12.0. The molecule has 1 heterocycles. The van der Waals surface area contributed by atoms with Gasteiger partial charge in [-0.25, -0.2) is 9.59 Å². The number of ether oxygens (including phenoxy) is 1. The van der Waals surface area contributed by atoms with Crippen LogP contribution in [0.2, 0.25) is 0 Å². The molecule has 0 amide bonds. The SMILES string of the molecule is O=C(OCCc1ccccc1)c1cc2ccccc2oc1=O. The second-order valence-electron chi connectivity index (χ2n) is 4.86. The third kappa shape index (κ3) is 3.06. The molecule has 2 aromatic carbocycles. The number of fused-ring (bicyclic) bond motifs is 1. The molecular formula is C18H14O4. The highest BCUT2D eigenvalue weighted by molar-refractivity contribution is 5.92. The fraction of sp³-hybridized carbons (Fsp3) is 0.111. The fourth-order valence-electron chi connectivity index (χ4n) is 2.19. The molecule has 3 rings (SSSR count). The first-order chi connectivity index (χ1) is 10.7. The second kappa shape index (κ2) is 6.26. The van der Waals surface area contributed by atoms with E-state index in [0.717, 1.165) is 5.56 Å². The van der Waals surface area contributed by atoms with Crippen LogP contribution in [0.3, 0.4) is 0 Å². The smallest absolute Gasteiger partial charge is 0.351 e. The molecule has 0 unspecified atom stereocenters. The third-order valence-electron chi connectivity index (χ3n) is 3.33. The van der Waals surface area contributed by atoms with E-state index in [2.05, 4.69) is 0 Å². The lowest BCUT2D eigenvalue weighted by molar-refractivity contribution is 0.0504. The van der Waals surface area contributed by atoms with Crippen molar-refractivity contribution in [2.45, 2.75) is 6.42 Å². The van der Waals surface area contributed by atoms with Crippen LogP contribution in [0.1, 0.15) is 15.9 Å². The third-order valence-corrected chi connectivity index (χ3v) is 3.33. The van der Waals surface area contributed by atoms with E-state index in [4.69, 9.17) is 9.15 Å². The summed E-state index contributed by atoms with van der Waals surface area (Å²) in [5, 5.41) is 0.692. The van der Waals surface area contributed by atoms with Crippen molar-refractivity contribution in [3.63, 3.8) is 0 Å². The van der Waals surface area contributed by atoms with Crippen molar-refractivity contribution in [2.24, 2.45) is 0 Å². The zero-order valence-corrected chi connectivity index (χ0v) is 11.8. The number of carbonyl (C=O) groups excluding carboxylic acids is 1. The zero-order chi connectivity index (χ0) is 15.4. The fourth-order valence-corrected chi connectivity index (χ4v) is 2.19. The topological polar surface area (TPSA) is 56.5 Å². The molecule has 0 saturated heterocycles. The van der Waals surface area contributed by atoms with Gasteiger partial charge in [0.25, 0.3) is 0 Å². The first kappa shape index (κ1) is 14.1. The van der Waals surface area contributed by atoms with Gasteiger partial charge in [0.2, 0.25) is 0 Å². The van der Waals surface area contributed by atoms with Crippen molar-refractivity contribution in [2.75, 3.05) is 6.61 Å². The van der Waals surface area contributed by atoms with Crippen LogP contribution in [-0.2, 0) is 11.2 Å². The van der Waals surface area contributed by atoms with Crippen LogP contribution in [0, 0.1) is 0 Å². The van der Waals surface area contributed by atoms with Gasteiger partial charge in [-0.15, -0.1) is 0 Å². The van der Waals surface area contributed by atoms with Crippen molar-refractivity contribution in [3.05, 3.63) is 82.2 Å². The first-order valence-electron chi connectivity index (χ1n) is 6.98. The molecule has 0 saturated carbocycles. The first-order valence-corrected chi connectivity index (χ1v) is 6.98. The highest BCUT2D eigenvalue weighted by atomic mass is 16.5. The highest BCUT2D eigenvalue weighted by Gasteiger charge is 2.14. The largest absolute Gasteiger partial charge is 0.462 e. The minimum atomic E-state index is -0.677. The summed E-state index contributed by atoms with van der Waals surface area (Å²) in [7, 11) is 0. The Morgan fingerprint density at radius 3 is 2.55 bits per heavy atom. The van der Waals surface area contributed by atoms with Crippen LogP contribution in [0.15, 0.2) is 69.9 Å². The molecule has 0 fully saturated rings. The zero-order valence-electron chi connectivity index (χ0n) is 11.8. The molecule has 0 aliphatic rings. The van der Waals surface area contributed by atoms with Crippen molar-refractivity contribution in [1.82, 2.24) is 0 Å². The Morgan fingerprint density at radius 2 is 1.73 bits per heavy atom. The molecule has 0 bridgehead atoms. The predicted molar refractivity (Wildman–Crippen MR) is 82.9 cm³/mol. The maximum atomic E-state index is 12.0. The molecule has 0 atom stereocenters. The normalized spacial score (nSPS) is 10.5. The van der Waals surface area contributed by atoms with E-state index in [-0.39, 0.29) is 12.2 Å². The van der Waals surface area contributed by atoms with Crippen LogP contribution < -0.4 is 5.63 Å². The lowest BCUT2D eigenvalue weighted by Gasteiger charge is -2.05. The van der Waals surface area contributed by atoms with Gasteiger partial charge in [-0.05, 0) is 17.7 Å². The predicted octanol–water partition coefficient (Wildman–Crippen LogP) is 3.19. The van der Waals surface area contributed by atoms with E-state index in [1.165, 1.54) is 6.07 Å². The Balaban J connectivity index is 1.72. The maximum Gasteiger partial charge on any atom is 0.351 e. The number of hydrogen-bond acceptors (Lipinski definition) is 4. The van der Waals surface area contributed by atoms with Crippen LogP contribution in [0.25, 0.3) is 11.0 Å². The number of para-hydroxylation sites is 1. The lowest BCUT2D eigenvalue weighted by Crippen LogP contribution is -2.17. The summed E-state index contributed by atoms with van der Waals surface area (Å²) in [5.41, 5.74) is 0.768. The van der Waals surface area contributed by atoms with Gasteiger partial charge in [0.15, 0.2) is 0 Å². The quantitative estimate of drug-likeness (QED) is 0.548. The molecule has 0 aliphatic carbocycles. The second-order valence-corrected chi connectivity index (χ2v) is 4.86. The van der Waals surface area contributed by atoms with E-state index in [9.17, 15) is 9.59 Å². The van der Waals surface area contributed by atoms with Gasteiger partial charge in [0.05, 0.1) is 6.61 Å². The molecule has 3 aromatic rings. The van der Waals surface area contributed by atoms with E-state index in [1.807, 2.05) is 36.4 Å². The Kier molecular flexibility index (Phi) is 4.01. The molecule has 0 N–H and O–H groups in total. The molecule has 110 valence electrons. The minimum absolute atomic E-state index is 0.0771. The summed E-state index contributed by atoms with van der Waals surface area (Å²) in [5.74, 6) is -0.657. The molecule has 4 heteroatoms. The van der Waals surface area contributed by atoms with E-state index >= 15 is 0 Å². The molecule has 22 heavy (non-hydrogen) atoms. The molecule has 0 spiro atoms.